The molecule has 5 N–H and O–H groups in total. The van der Waals surface area contributed by atoms with Crippen molar-refractivity contribution in [3.05, 3.63) is 17.5 Å². The first-order valence-corrected chi connectivity index (χ1v) is 12.3. The Kier molecular flexibility index (Phi) is 5.51. The molecule has 170 valence electrons. The molecule has 2 aromatic rings. The van der Waals surface area contributed by atoms with Crippen molar-refractivity contribution in [2.75, 3.05) is 18.3 Å². The largest absolute Gasteiger partial charge is 0.387 e. The van der Waals surface area contributed by atoms with Crippen LogP contribution in [-0.2, 0) is 14.0 Å². The zero-order valence-electron chi connectivity index (χ0n) is 16.4. The molecule has 3 fully saturated rings. The highest BCUT2D eigenvalue weighted by atomic mass is 35.5. The van der Waals surface area contributed by atoms with Crippen LogP contribution in [0.3, 0.4) is 0 Å². The molecule has 2 aliphatic carbocycles. The molecule has 0 bridgehead atoms. The number of nitrogens with one attached hydrogen (secondary N) is 1. The lowest BCUT2D eigenvalue weighted by Gasteiger charge is -2.19. The van der Waals surface area contributed by atoms with Gasteiger partial charge in [0.15, 0.2) is 6.23 Å². The van der Waals surface area contributed by atoms with E-state index in [0.29, 0.717) is 17.5 Å². The van der Waals surface area contributed by atoms with Gasteiger partial charge in [0.1, 0.15) is 36.1 Å². The van der Waals surface area contributed by atoms with Crippen molar-refractivity contribution in [3.8, 4) is 0 Å². The monoisotopic (exact) mass is 474 g/mol. The maximum Gasteiger partial charge on any atom is 0.350 e. The second-order valence-corrected chi connectivity index (χ2v) is 10.5. The molecule has 2 aromatic heterocycles. The third-order valence-corrected chi connectivity index (χ3v) is 6.97. The van der Waals surface area contributed by atoms with Crippen molar-refractivity contribution in [3.63, 3.8) is 0 Å². The van der Waals surface area contributed by atoms with Crippen molar-refractivity contribution >= 4 is 36.0 Å². The standard InChI is InChI=1S/C18H24ClN4O7P/c19-18-21-15(20-10-4-8-3-9(8)5-10)11-1-2-23(16(11)22-18)17-14(25)13(24)12(30-17)6-29-7-31(26,27)28/h1-2,8-10,12-14,17,24-25H,3-7H2,(H,20,21,22)(H2,26,27,28)/t8?,9?,10?,12?,13-,14-,17-/m1/s1. The van der Waals surface area contributed by atoms with Gasteiger partial charge in [-0.25, -0.2) is 4.98 Å². The van der Waals surface area contributed by atoms with Crippen molar-refractivity contribution in [2.24, 2.45) is 11.8 Å². The Morgan fingerprint density at radius 3 is 2.68 bits per heavy atom. The number of anilines is 1. The lowest BCUT2D eigenvalue weighted by Crippen LogP contribution is -2.33. The van der Waals surface area contributed by atoms with Gasteiger partial charge in [0.2, 0.25) is 5.28 Å². The summed E-state index contributed by atoms with van der Waals surface area (Å²) in [5.74, 6) is 2.24. The molecule has 1 saturated heterocycles. The summed E-state index contributed by atoms with van der Waals surface area (Å²) in [5.41, 5.74) is 0.443. The summed E-state index contributed by atoms with van der Waals surface area (Å²) in [6.45, 7) is -0.286. The van der Waals surface area contributed by atoms with Gasteiger partial charge in [-0.15, -0.1) is 0 Å². The SMILES string of the molecule is O=P(O)(O)COCC1O[C@@H](n2ccc3c(NC4CC5CC5C4)nc(Cl)nc32)[C@H](O)[C@@H]1O. The number of fused-ring (bicyclic) bond motifs is 2. The molecule has 31 heavy (non-hydrogen) atoms. The molecule has 3 heterocycles. The van der Waals surface area contributed by atoms with Gasteiger partial charge >= 0.3 is 7.60 Å². The molecule has 13 heteroatoms. The molecule has 0 radical (unpaired) electrons. The number of aliphatic hydroxyl groups is 2. The van der Waals surface area contributed by atoms with Crippen molar-refractivity contribution < 1.29 is 34.0 Å². The van der Waals surface area contributed by atoms with Crippen LogP contribution in [0.2, 0.25) is 5.28 Å². The topological polar surface area (TPSA) is 159 Å². The summed E-state index contributed by atoms with van der Waals surface area (Å²) >= 11 is 6.17. The minimum atomic E-state index is -4.34. The fraction of sp³-hybridized carbons (Fsp3) is 0.667. The molecule has 1 aliphatic heterocycles. The van der Waals surface area contributed by atoms with E-state index < -0.39 is 38.5 Å². The molecule has 6 atom stereocenters. The van der Waals surface area contributed by atoms with E-state index in [1.165, 1.54) is 6.42 Å². The summed E-state index contributed by atoms with van der Waals surface area (Å²) in [6, 6.07) is 2.14. The van der Waals surface area contributed by atoms with Crippen LogP contribution in [0.1, 0.15) is 25.5 Å². The number of aromatic nitrogens is 3. The van der Waals surface area contributed by atoms with Crippen LogP contribution in [0, 0.1) is 11.8 Å². The molecule has 0 spiro atoms. The Hall–Kier alpha value is -1.30. The van der Waals surface area contributed by atoms with Gasteiger partial charge in [-0.1, -0.05) is 0 Å². The molecule has 3 aliphatic rings. The fourth-order valence-electron chi connectivity index (χ4n) is 4.73. The van der Waals surface area contributed by atoms with Crippen molar-refractivity contribution in [1.82, 2.24) is 14.5 Å². The number of halogens is 1. The summed E-state index contributed by atoms with van der Waals surface area (Å²) in [4.78, 5) is 26.4. The van der Waals surface area contributed by atoms with Crippen LogP contribution in [0.5, 0.6) is 0 Å². The van der Waals surface area contributed by atoms with Gasteiger partial charge in [0.25, 0.3) is 0 Å². The van der Waals surface area contributed by atoms with Crippen LogP contribution in [0.25, 0.3) is 11.0 Å². The highest BCUT2D eigenvalue weighted by Gasteiger charge is 2.46. The first kappa shape index (κ1) is 21.5. The molecular weight excluding hydrogens is 451 g/mol. The lowest BCUT2D eigenvalue weighted by molar-refractivity contribution is -0.0610. The van der Waals surface area contributed by atoms with Crippen LogP contribution in [0.4, 0.5) is 5.82 Å². The Morgan fingerprint density at radius 1 is 1.23 bits per heavy atom. The second-order valence-electron chi connectivity index (χ2n) is 8.58. The molecule has 0 aromatic carbocycles. The van der Waals surface area contributed by atoms with Crippen molar-refractivity contribution in [2.45, 2.75) is 49.8 Å². The predicted octanol–water partition coefficient (Wildman–Crippen LogP) is 1.07. The average Bonchev–Trinajstić information content (AvgIpc) is 2.98. The first-order chi connectivity index (χ1) is 14.7. The molecule has 2 saturated carbocycles. The average molecular weight is 475 g/mol. The third-order valence-electron chi connectivity index (χ3n) is 6.28. The van der Waals surface area contributed by atoms with Crippen LogP contribution in [0.15, 0.2) is 12.3 Å². The smallest absolute Gasteiger partial charge is 0.350 e. The zero-order chi connectivity index (χ0) is 21.9. The minimum Gasteiger partial charge on any atom is -0.387 e. The van der Waals surface area contributed by atoms with E-state index in [0.717, 1.165) is 30.1 Å². The van der Waals surface area contributed by atoms with Gasteiger partial charge in [0, 0.05) is 12.2 Å². The molecule has 11 nitrogen and oxygen atoms in total. The molecule has 3 unspecified atom stereocenters. The second kappa shape index (κ2) is 7.93. The third kappa shape index (κ3) is 4.34. The normalized spacial score (nSPS) is 34.9. The summed E-state index contributed by atoms with van der Waals surface area (Å²) in [7, 11) is -4.34. The molecule has 0 amide bonds. The molecule has 5 rings (SSSR count). The maximum absolute atomic E-state index is 10.9. The molecular formula is C18H24ClN4O7P. The van der Waals surface area contributed by atoms with Gasteiger partial charge < -0.3 is 39.4 Å². The Morgan fingerprint density at radius 2 is 1.97 bits per heavy atom. The number of hydrogen-bond donors (Lipinski definition) is 5. The number of aliphatic hydroxyl groups excluding tert-OH is 2. The Bertz CT molecular complexity index is 1020. The van der Waals surface area contributed by atoms with Gasteiger partial charge in [0.05, 0.1) is 12.0 Å². The van der Waals surface area contributed by atoms with Gasteiger partial charge in [-0.05, 0) is 48.8 Å². The van der Waals surface area contributed by atoms with E-state index >= 15 is 0 Å². The number of nitrogens with zero attached hydrogens (tertiary/aromatic N) is 3. The highest BCUT2D eigenvalue weighted by Crippen LogP contribution is 2.52. The van der Waals surface area contributed by atoms with E-state index in [4.69, 9.17) is 30.9 Å². The number of ether oxygens (including phenoxy) is 2. The van der Waals surface area contributed by atoms with E-state index in [2.05, 4.69) is 15.3 Å². The van der Waals surface area contributed by atoms with Crippen LogP contribution < -0.4 is 5.32 Å². The number of rotatable bonds is 7. The minimum absolute atomic E-state index is 0.0488. The predicted molar refractivity (Wildman–Crippen MR) is 110 cm³/mol. The lowest BCUT2D eigenvalue weighted by atomic mass is 10.1. The van der Waals surface area contributed by atoms with Crippen LogP contribution in [-0.4, -0.2) is 71.8 Å². The van der Waals surface area contributed by atoms with Gasteiger partial charge in [-0.3, -0.25) is 4.57 Å². The Labute approximate surface area is 182 Å². The van der Waals surface area contributed by atoms with E-state index in [1.54, 1.807) is 16.8 Å². The highest BCUT2D eigenvalue weighted by molar-refractivity contribution is 7.51. The van der Waals surface area contributed by atoms with Gasteiger partial charge in [-0.2, -0.15) is 4.98 Å². The first-order valence-electron chi connectivity index (χ1n) is 10.1. The van der Waals surface area contributed by atoms with Crippen LogP contribution >= 0.6 is 19.2 Å². The number of hydrogen-bond acceptors (Lipinski definition) is 8. The maximum atomic E-state index is 10.9. The quantitative estimate of drug-likeness (QED) is 0.290. The Balaban J connectivity index is 1.35. The van der Waals surface area contributed by atoms with E-state index in [9.17, 15) is 14.8 Å². The van der Waals surface area contributed by atoms with E-state index in [-0.39, 0.29) is 11.9 Å². The summed E-state index contributed by atoms with van der Waals surface area (Å²) in [6.07, 6.45) is -0.140. The fourth-order valence-corrected chi connectivity index (χ4v) is 5.24. The summed E-state index contributed by atoms with van der Waals surface area (Å²) in [5, 5.41) is 25.1. The van der Waals surface area contributed by atoms with E-state index in [1.807, 2.05) is 0 Å². The summed E-state index contributed by atoms with van der Waals surface area (Å²) < 4.78 is 23.2. The van der Waals surface area contributed by atoms with Crippen molar-refractivity contribution in [1.29, 1.82) is 0 Å². The zero-order valence-corrected chi connectivity index (χ0v) is 18.1.